The van der Waals surface area contributed by atoms with E-state index in [0.717, 1.165) is 36.8 Å². The fourth-order valence-corrected chi connectivity index (χ4v) is 5.46. The van der Waals surface area contributed by atoms with Gasteiger partial charge in [0.15, 0.2) is 0 Å². The van der Waals surface area contributed by atoms with Crippen molar-refractivity contribution in [1.29, 1.82) is 0 Å². The second-order valence-corrected chi connectivity index (χ2v) is 9.80. The van der Waals surface area contributed by atoms with Gasteiger partial charge in [0.1, 0.15) is 6.61 Å². The highest BCUT2D eigenvalue weighted by Gasteiger charge is 2.30. The van der Waals surface area contributed by atoms with Gasteiger partial charge in [-0.15, -0.1) is 0 Å². The summed E-state index contributed by atoms with van der Waals surface area (Å²) >= 11 is 0. The number of carboxylic acids is 1. The lowest BCUT2D eigenvalue weighted by atomic mass is 9.92. The number of rotatable bonds is 10. The summed E-state index contributed by atoms with van der Waals surface area (Å²) in [5.74, 6) is -1.17. The lowest BCUT2D eigenvalue weighted by Gasteiger charge is -2.23. The Kier molecular flexibility index (Phi) is 8.06. The van der Waals surface area contributed by atoms with Crippen LogP contribution in [-0.4, -0.2) is 42.3 Å². The Bertz CT molecular complexity index is 1020. The Hall–Kier alpha value is -3.35. The van der Waals surface area contributed by atoms with Crippen LogP contribution in [0.1, 0.15) is 62.5 Å². The lowest BCUT2D eigenvalue weighted by Crippen LogP contribution is -2.43. The number of amides is 2. The fraction of sp³-hybridized carbons (Fsp3) is 0.464. The summed E-state index contributed by atoms with van der Waals surface area (Å²) in [6, 6.07) is 15.9. The molecule has 4 rings (SSSR count). The van der Waals surface area contributed by atoms with Crippen molar-refractivity contribution >= 4 is 18.0 Å². The predicted octanol–water partition coefficient (Wildman–Crippen LogP) is 4.70. The summed E-state index contributed by atoms with van der Waals surface area (Å²) in [4.78, 5) is 36.5. The van der Waals surface area contributed by atoms with Crippen LogP contribution in [-0.2, 0) is 14.3 Å². The standard InChI is InChI=1S/C28H34N2O5/c1-18(14-26(31)32)30-27(33)20(15-19-8-2-3-9-19)16-29-28(34)35-17-25-23-12-6-4-10-21(23)22-11-5-7-13-24(22)25/h4-7,10-13,18-20,25H,2-3,8-9,14-17H2,1H3,(H,29,34)(H,30,33)(H,31,32)/t18-,20?/m0/s1. The molecule has 0 spiro atoms. The van der Waals surface area contributed by atoms with Crippen LogP contribution in [0.2, 0.25) is 0 Å². The molecule has 2 aliphatic rings. The Morgan fingerprint density at radius 1 is 1.00 bits per heavy atom. The number of carboxylic acid groups (broad SMARTS) is 1. The summed E-state index contributed by atoms with van der Waals surface area (Å²) in [6.07, 6.45) is 4.48. The van der Waals surface area contributed by atoms with Crippen LogP contribution in [0, 0.1) is 11.8 Å². The Labute approximate surface area is 206 Å². The van der Waals surface area contributed by atoms with Crippen molar-refractivity contribution in [3.63, 3.8) is 0 Å². The molecule has 1 fully saturated rings. The minimum atomic E-state index is -0.957. The van der Waals surface area contributed by atoms with Gasteiger partial charge in [-0.3, -0.25) is 9.59 Å². The number of benzene rings is 2. The summed E-state index contributed by atoms with van der Waals surface area (Å²) in [5.41, 5.74) is 4.63. The number of aliphatic carboxylic acids is 1. The van der Waals surface area contributed by atoms with Crippen LogP contribution in [0.3, 0.4) is 0 Å². The van der Waals surface area contributed by atoms with Gasteiger partial charge in [-0.25, -0.2) is 4.79 Å². The normalized spacial score (nSPS) is 16.7. The number of ether oxygens (including phenoxy) is 1. The van der Waals surface area contributed by atoms with Gasteiger partial charge in [-0.2, -0.15) is 0 Å². The zero-order chi connectivity index (χ0) is 24.8. The molecule has 0 saturated heterocycles. The number of carbonyl (C=O) groups is 3. The van der Waals surface area contributed by atoms with Crippen LogP contribution < -0.4 is 10.6 Å². The van der Waals surface area contributed by atoms with Crippen molar-refractivity contribution in [2.75, 3.05) is 13.2 Å². The minimum absolute atomic E-state index is 0.0254. The molecule has 1 unspecified atom stereocenters. The minimum Gasteiger partial charge on any atom is -0.481 e. The summed E-state index contributed by atoms with van der Waals surface area (Å²) in [6.45, 7) is 2.06. The van der Waals surface area contributed by atoms with E-state index in [-0.39, 0.29) is 31.4 Å². The van der Waals surface area contributed by atoms with E-state index in [1.165, 1.54) is 11.1 Å². The van der Waals surface area contributed by atoms with E-state index in [0.29, 0.717) is 12.3 Å². The number of carbonyl (C=O) groups excluding carboxylic acids is 2. The number of hydrogen-bond acceptors (Lipinski definition) is 4. The van der Waals surface area contributed by atoms with E-state index in [9.17, 15) is 14.4 Å². The Morgan fingerprint density at radius 2 is 1.60 bits per heavy atom. The molecular formula is C28H34N2O5. The van der Waals surface area contributed by atoms with Gasteiger partial charge in [-0.05, 0) is 41.5 Å². The molecule has 3 N–H and O–H groups in total. The smallest absolute Gasteiger partial charge is 0.407 e. The molecule has 2 aromatic rings. The molecule has 2 atom stereocenters. The van der Waals surface area contributed by atoms with Crippen molar-refractivity contribution in [2.24, 2.45) is 11.8 Å². The predicted molar refractivity (Wildman–Crippen MR) is 133 cm³/mol. The Morgan fingerprint density at radius 3 is 2.20 bits per heavy atom. The summed E-state index contributed by atoms with van der Waals surface area (Å²) in [5, 5.41) is 14.6. The number of alkyl carbamates (subject to hydrolysis) is 1. The average Bonchev–Trinajstić information content (AvgIpc) is 3.46. The molecule has 7 nitrogen and oxygen atoms in total. The van der Waals surface area contributed by atoms with Crippen molar-refractivity contribution < 1.29 is 24.2 Å². The number of hydrogen-bond donors (Lipinski definition) is 3. The molecule has 1 saturated carbocycles. The average molecular weight is 479 g/mol. The zero-order valence-corrected chi connectivity index (χ0v) is 20.2. The SMILES string of the molecule is C[C@@H](CC(=O)O)NC(=O)C(CNC(=O)OCC1c2ccccc2-c2ccccc21)CC1CCCC1. The molecule has 186 valence electrons. The summed E-state index contributed by atoms with van der Waals surface area (Å²) in [7, 11) is 0. The molecule has 0 aliphatic heterocycles. The first kappa shape index (κ1) is 24.8. The topological polar surface area (TPSA) is 105 Å². The van der Waals surface area contributed by atoms with Crippen molar-refractivity contribution in [1.82, 2.24) is 10.6 Å². The quantitative estimate of drug-likeness (QED) is 0.459. The monoisotopic (exact) mass is 478 g/mol. The first-order chi connectivity index (χ1) is 16.9. The summed E-state index contributed by atoms with van der Waals surface area (Å²) < 4.78 is 5.61. The van der Waals surface area contributed by atoms with Crippen molar-refractivity contribution in [3.05, 3.63) is 59.7 Å². The van der Waals surface area contributed by atoms with E-state index >= 15 is 0 Å². The largest absolute Gasteiger partial charge is 0.481 e. The molecule has 0 aromatic heterocycles. The second kappa shape index (κ2) is 11.4. The molecule has 2 amide bonds. The third-order valence-corrected chi connectivity index (χ3v) is 7.17. The third kappa shape index (κ3) is 6.21. The van der Waals surface area contributed by atoms with Gasteiger partial charge in [0, 0.05) is 18.5 Å². The number of nitrogens with one attached hydrogen (secondary N) is 2. The van der Waals surface area contributed by atoms with Gasteiger partial charge in [0.2, 0.25) is 5.91 Å². The molecule has 2 aliphatic carbocycles. The van der Waals surface area contributed by atoms with Crippen LogP contribution >= 0.6 is 0 Å². The molecule has 2 aromatic carbocycles. The van der Waals surface area contributed by atoms with E-state index in [2.05, 4.69) is 34.9 Å². The first-order valence-corrected chi connectivity index (χ1v) is 12.5. The highest BCUT2D eigenvalue weighted by atomic mass is 16.5. The maximum absolute atomic E-state index is 12.9. The molecule has 35 heavy (non-hydrogen) atoms. The van der Waals surface area contributed by atoms with Gasteiger partial charge < -0.3 is 20.5 Å². The second-order valence-electron chi connectivity index (χ2n) is 9.80. The molecule has 0 heterocycles. The van der Waals surface area contributed by atoms with Crippen molar-refractivity contribution in [2.45, 2.75) is 57.4 Å². The highest BCUT2D eigenvalue weighted by molar-refractivity contribution is 5.81. The van der Waals surface area contributed by atoms with Crippen LogP contribution in [0.4, 0.5) is 4.79 Å². The number of fused-ring (bicyclic) bond motifs is 3. The van der Waals surface area contributed by atoms with Gasteiger partial charge >= 0.3 is 12.1 Å². The van der Waals surface area contributed by atoms with E-state index in [4.69, 9.17) is 9.84 Å². The molecule has 0 radical (unpaired) electrons. The maximum atomic E-state index is 12.9. The zero-order valence-electron chi connectivity index (χ0n) is 20.2. The molecule has 0 bridgehead atoms. The van der Waals surface area contributed by atoms with Crippen LogP contribution in [0.25, 0.3) is 11.1 Å². The molecule has 7 heteroatoms. The third-order valence-electron chi connectivity index (χ3n) is 7.17. The van der Waals surface area contributed by atoms with E-state index in [1.54, 1.807) is 6.92 Å². The highest BCUT2D eigenvalue weighted by Crippen LogP contribution is 2.44. The Balaban J connectivity index is 1.34. The fourth-order valence-electron chi connectivity index (χ4n) is 5.46. The van der Waals surface area contributed by atoms with Crippen LogP contribution in [0.15, 0.2) is 48.5 Å². The van der Waals surface area contributed by atoms with E-state index < -0.39 is 24.0 Å². The van der Waals surface area contributed by atoms with E-state index in [1.807, 2.05) is 24.3 Å². The van der Waals surface area contributed by atoms with Crippen LogP contribution in [0.5, 0.6) is 0 Å². The van der Waals surface area contributed by atoms with Gasteiger partial charge in [-0.1, -0.05) is 74.2 Å². The lowest BCUT2D eigenvalue weighted by molar-refractivity contribution is -0.137. The van der Waals surface area contributed by atoms with Gasteiger partial charge in [0.05, 0.1) is 12.3 Å². The molecular weight excluding hydrogens is 444 g/mol. The first-order valence-electron chi connectivity index (χ1n) is 12.5. The van der Waals surface area contributed by atoms with Crippen molar-refractivity contribution in [3.8, 4) is 11.1 Å². The maximum Gasteiger partial charge on any atom is 0.407 e. The van der Waals surface area contributed by atoms with Gasteiger partial charge in [0.25, 0.3) is 0 Å².